The first-order chi connectivity index (χ1) is 13.1. The molecule has 0 atom stereocenters. The summed E-state index contributed by atoms with van der Waals surface area (Å²) in [4.78, 5) is 16.9. The van der Waals surface area contributed by atoms with Gasteiger partial charge >= 0.3 is 0 Å². The van der Waals surface area contributed by atoms with Gasteiger partial charge in [0.05, 0.1) is 21.8 Å². The summed E-state index contributed by atoms with van der Waals surface area (Å²) in [5, 5.41) is 0.179. The van der Waals surface area contributed by atoms with Crippen molar-refractivity contribution in [2.75, 3.05) is 0 Å². The highest BCUT2D eigenvalue weighted by molar-refractivity contribution is 6.35. The first-order valence-electron chi connectivity index (χ1n) is 8.28. The summed E-state index contributed by atoms with van der Waals surface area (Å²) in [6.07, 6.45) is 10.2. The molecule has 2 aromatic rings. The summed E-state index contributed by atoms with van der Waals surface area (Å²) in [5.41, 5.74) is 10.5. The summed E-state index contributed by atoms with van der Waals surface area (Å²) in [5.74, 6) is -0.794. The quantitative estimate of drug-likeness (QED) is 0.340. The predicted molar refractivity (Wildman–Crippen MR) is 107 cm³/mol. The van der Waals surface area contributed by atoms with Gasteiger partial charge in [-0.1, -0.05) is 42.0 Å². The summed E-state index contributed by atoms with van der Waals surface area (Å²) in [7, 11) is 0. The van der Waals surface area contributed by atoms with Gasteiger partial charge in [0.1, 0.15) is 11.7 Å². The van der Waals surface area contributed by atoms with E-state index in [1.54, 1.807) is 12.1 Å². The highest BCUT2D eigenvalue weighted by Crippen LogP contribution is 2.26. The lowest BCUT2D eigenvalue weighted by molar-refractivity contribution is 0.103. The minimum absolute atomic E-state index is 0.0295. The van der Waals surface area contributed by atoms with Crippen LogP contribution in [0, 0.1) is 5.82 Å². The fraction of sp³-hybridized carbons (Fsp3) is 0.0455. The Balaban J connectivity index is 1.90. The maximum atomic E-state index is 13.9. The molecule has 1 aliphatic carbocycles. The monoisotopic (exact) mass is 378 g/mol. The summed E-state index contributed by atoms with van der Waals surface area (Å²) in [6.45, 7) is 0. The molecule has 2 aromatic carbocycles. The Hall–Kier alpha value is -3.20. The Kier molecular flexibility index (Phi) is 5.82. The van der Waals surface area contributed by atoms with E-state index in [1.165, 1.54) is 30.3 Å². The van der Waals surface area contributed by atoms with E-state index in [2.05, 4.69) is 10.7 Å². The number of rotatable bonds is 4. The molecule has 0 fully saturated rings. The average molecular weight is 379 g/mol. The van der Waals surface area contributed by atoms with E-state index in [9.17, 15) is 9.18 Å². The van der Waals surface area contributed by atoms with Crippen LogP contribution in [0.3, 0.4) is 0 Å². The molecule has 5 heteroatoms. The molecule has 0 bridgehead atoms. The molecule has 0 spiro atoms. The number of hydrogen-bond donors (Lipinski definition) is 1. The lowest BCUT2D eigenvalue weighted by Crippen LogP contribution is -2.12. The molecule has 0 saturated carbocycles. The Morgan fingerprint density at radius 1 is 1.15 bits per heavy atom. The molecule has 0 amide bonds. The zero-order valence-electron chi connectivity index (χ0n) is 14.3. The second-order valence-corrected chi connectivity index (χ2v) is 6.16. The number of allylic oxidation sites excluding steroid dienone is 3. The molecule has 134 valence electrons. The summed E-state index contributed by atoms with van der Waals surface area (Å²) in [6, 6.07) is 10.4. The molecule has 27 heavy (non-hydrogen) atoms. The molecular formula is C22H16ClFN2O. The predicted octanol–water partition coefficient (Wildman–Crippen LogP) is 5.30. The molecule has 0 unspecified atom stereocenters. The number of benzene rings is 2. The van der Waals surface area contributed by atoms with Crippen molar-refractivity contribution < 1.29 is 9.18 Å². The van der Waals surface area contributed by atoms with Crippen LogP contribution in [0.2, 0.25) is 5.02 Å². The van der Waals surface area contributed by atoms with Crippen LogP contribution in [-0.2, 0) is 0 Å². The third kappa shape index (κ3) is 4.50. The second-order valence-electron chi connectivity index (χ2n) is 5.76. The number of nitrogens with zero attached hydrogens (tertiary/aromatic N) is 1. The summed E-state index contributed by atoms with van der Waals surface area (Å²) >= 11 is 6.24. The van der Waals surface area contributed by atoms with Crippen LogP contribution in [0.4, 0.5) is 10.1 Å². The van der Waals surface area contributed by atoms with E-state index in [-0.39, 0.29) is 22.0 Å². The van der Waals surface area contributed by atoms with Crippen LogP contribution in [0.25, 0.3) is 0 Å². The molecule has 3 rings (SSSR count). The highest BCUT2D eigenvalue weighted by Gasteiger charge is 2.16. The highest BCUT2D eigenvalue weighted by atomic mass is 35.5. The van der Waals surface area contributed by atoms with Crippen molar-refractivity contribution in [2.45, 2.75) is 6.42 Å². The molecule has 0 aromatic heterocycles. The second kappa shape index (κ2) is 8.45. The topological polar surface area (TPSA) is 55.4 Å². The van der Waals surface area contributed by atoms with Crippen molar-refractivity contribution >= 4 is 28.9 Å². The van der Waals surface area contributed by atoms with Crippen LogP contribution < -0.4 is 5.73 Å². The lowest BCUT2D eigenvalue weighted by atomic mass is 10.0. The van der Waals surface area contributed by atoms with Gasteiger partial charge in [-0.25, -0.2) is 9.38 Å². The van der Waals surface area contributed by atoms with E-state index in [0.29, 0.717) is 11.3 Å². The lowest BCUT2D eigenvalue weighted by Gasteiger charge is -2.06. The average Bonchev–Trinajstić information content (AvgIpc) is 2.61. The third-order valence-electron chi connectivity index (χ3n) is 3.86. The van der Waals surface area contributed by atoms with Crippen molar-refractivity contribution in [1.29, 1.82) is 0 Å². The zero-order valence-corrected chi connectivity index (χ0v) is 15.1. The normalized spacial score (nSPS) is 13.9. The van der Waals surface area contributed by atoms with Crippen LogP contribution in [0.5, 0.6) is 0 Å². The Morgan fingerprint density at radius 2 is 1.96 bits per heavy atom. The molecule has 3 nitrogen and oxygen atoms in total. The van der Waals surface area contributed by atoms with E-state index in [0.717, 1.165) is 6.42 Å². The van der Waals surface area contributed by atoms with Gasteiger partial charge in [0.2, 0.25) is 0 Å². The zero-order chi connectivity index (χ0) is 19.2. The first kappa shape index (κ1) is 18.6. The van der Waals surface area contributed by atoms with Crippen LogP contribution in [0.15, 0.2) is 89.1 Å². The largest absolute Gasteiger partial charge is 0.383 e. The molecular weight excluding hydrogens is 363 g/mol. The van der Waals surface area contributed by atoms with Gasteiger partial charge in [0, 0.05) is 5.56 Å². The Morgan fingerprint density at radius 3 is 2.74 bits per heavy atom. The molecule has 0 saturated heterocycles. The minimum Gasteiger partial charge on any atom is -0.383 e. The van der Waals surface area contributed by atoms with Crippen LogP contribution in [0.1, 0.15) is 22.3 Å². The molecule has 2 N–H and O–H groups in total. The Labute approximate surface area is 161 Å². The minimum atomic E-state index is -0.589. The third-order valence-corrected chi connectivity index (χ3v) is 4.18. The van der Waals surface area contributed by atoms with Gasteiger partial charge in [0.25, 0.3) is 0 Å². The molecule has 1 aliphatic rings. The van der Waals surface area contributed by atoms with E-state index in [1.807, 2.05) is 30.4 Å². The van der Waals surface area contributed by atoms with E-state index >= 15 is 0 Å². The smallest absolute Gasteiger partial charge is 0.197 e. The number of carbonyl (C=O) groups excluding carboxylic acids is 1. The number of nitrogens with two attached hydrogens (primary N) is 1. The first-order valence-corrected chi connectivity index (χ1v) is 8.66. The maximum Gasteiger partial charge on any atom is 0.197 e. The standard InChI is InChI=1S/C22H16ClFN2O/c23-19-14-16(26-22(25)15-8-4-2-1-3-5-9-15)12-13-17(19)21(27)18-10-6-7-11-20(18)24/h1-2,4-8,10-14H,3H2,(H2,25,26). The van der Waals surface area contributed by atoms with Crippen LogP contribution >= 0.6 is 11.6 Å². The fourth-order valence-corrected chi connectivity index (χ4v) is 2.76. The van der Waals surface area contributed by atoms with Crippen molar-refractivity contribution in [3.05, 3.63) is 106 Å². The molecule has 0 aliphatic heterocycles. The van der Waals surface area contributed by atoms with Gasteiger partial charge in [0.15, 0.2) is 5.78 Å². The van der Waals surface area contributed by atoms with Gasteiger partial charge in [-0.15, -0.1) is 5.73 Å². The molecule has 0 radical (unpaired) electrons. The number of hydrogen-bond acceptors (Lipinski definition) is 2. The summed E-state index contributed by atoms with van der Waals surface area (Å²) < 4.78 is 13.9. The maximum absolute atomic E-state index is 13.9. The number of halogens is 2. The molecule has 0 heterocycles. The SMILES string of the molecule is NC(=Nc1ccc(C(=O)c2ccccc2F)c(Cl)c1)C1=C=CCC=CC=C1. The Bertz CT molecular complexity index is 1040. The fourth-order valence-electron chi connectivity index (χ4n) is 2.50. The van der Waals surface area contributed by atoms with Gasteiger partial charge in [-0.3, -0.25) is 4.79 Å². The van der Waals surface area contributed by atoms with Crippen LogP contribution in [-0.4, -0.2) is 11.6 Å². The van der Waals surface area contributed by atoms with Gasteiger partial charge in [-0.2, -0.15) is 0 Å². The van der Waals surface area contributed by atoms with Crippen molar-refractivity contribution in [3.63, 3.8) is 0 Å². The number of ketones is 1. The van der Waals surface area contributed by atoms with Gasteiger partial charge in [-0.05, 0) is 48.9 Å². The number of aliphatic imine (C=N–C) groups is 1. The van der Waals surface area contributed by atoms with Crippen molar-refractivity contribution in [3.8, 4) is 0 Å². The number of carbonyl (C=O) groups is 1. The van der Waals surface area contributed by atoms with Gasteiger partial charge < -0.3 is 5.73 Å². The van der Waals surface area contributed by atoms with E-state index < -0.39 is 11.6 Å². The van der Waals surface area contributed by atoms with E-state index in [4.69, 9.17) is 17.3 Å². The number of amidine groups is 1. The van der Waals surface area contributed by atoms with Crippen molar-refractivity contribution in [2.24, 2.45) is 10.7 Å². The van der Waals surface area contributed by atoms with Crippen molar-refractivity contribution in [1.82, 2.24) is 0 Å².